The number of fused-ring (bicyclic) bond motifs is 1. The molecule has 0 fully saturated rings. The lowest BCUT2D eigenvalue weighted by atomic mass is 10.0. The Morgan fingerprint density at radius 2 is 2.29 bits per heavy atom. The Hall–Kier alpha value is -0.120. The molecule has 0 radical (unpaired) electrons. The zero-order valence-electron chi connectivity index (χ0n) is 10.6. The number of hydrogen-bond donors (Lipinski definition) is 1. The summed E-state index contributed by atoms with van der Waals surface area (Å²) in [6.07, 6.45) is 3.43. The van der Waals surface area contributed by atoms with Crippen molar-refractivity contribution in [3.05, 3.63) is 35.4 Å². The normalized spacial score (nSPS) is 20.9. The molecule has 0 spiro atoms. The molecule has 1 aromatic rings. The first kappa shape index (κ1) is 13.3. The highest BCUT2D eigenvalue weighted by Crippen LogP contribution is 2.31. The van der Waals surface area contributed by atoms with Crippen LogP contribution in [0.4, 0.5) is 0 Å². The molecule has 3 heteroatoms. The van der Waals surface area contributed by atoms with Gasteiger partial charge >= 0.3 is 0 Å². The fourth-order valence-electron chi connectivity index (χ4n) is 2.24. The Morgan fingerprint density at radius 1 is 1.47 bits per heavy atom. The third-order valence-corrected chi connectivity index (χ3v) is 4.94. The second kappa shape index (κ2) is 6.72. The molecule has 1 aliphatic rings. The van der Waals surface area contributed by atoms with Gasteiger partial charge in [0.2, 0.25) is 0 Å². The van der Waals surface area contributed by atoms with Crippen LogP contribution in [0.2, 0.25) is 0 Å². The molecule has 1 N–H and O–H groups in total. The number of rotatable bonds is 5. The van der Waals surface area contributed by atoms with Crippen molar-refractivity contribution in [2.45, 2.75) is 31.2 Å². The van der Waals surface area contributed by atoms with E-state index in [0.29, 0.717) is 12.1 Å². The third kappa shape index (κ3) is 3.67. The van der Waals surface area contributed by atoms with E-state index in [1.54, 1.807) is 0 Å². The fraction of sp³-hybridized carbons (Fsp3) is 0.571. The second-order valence-electron chi connectivity index (χ2n) is 4.62. The second-order valence-corrected chi connectivity index (χ2v) is 6.63. The van der Waals surface area contributed by atoms with Crippen molar-refractivity contribution in [1.82, 2.24) is 5.32 Å². The van der Waals surface area contributed by atoms with Crippen LogP contribution in [0.1, 0.15) is 30.5 Å². The van der Waals surface area contributed by atoms with Crippen LogP contribution in [0.15, 0.2) is 24.3 Å². The maximum absolute atomic E-state index is 3.78. The van der Waals surface area contributed by atoms with E-state index in [2.05, 4.69) is 42.8 Å². The summed E-state index contributed by atoms with van der Waals surface area (Å²) in [5.74, 6) is 3.63. The van der Waals surface area contributed by atoms with Gasteiger partial charge < -0.3 is 5.32 Å². The molecule has 0 saturated carbocycles. The summed E-state index contributed by atoms with van der Waals surface area (Å²) >= 11 is 3.98. The van der Waals surface area contributed by atoms with E-state index in [4.69, 9.17) is 0 Å². The lowest BCUT2D eigenvalue weighted by Gasteiger charge is -2.29. The minimum atomic E-state index is 0.543. The first-order valence-corrected chi connectivity index (χ1v) is 8.76. The largest absolute Gasteiger partial charge is 0.307 e. The van der Waals surface area contributed by atoms with Gasteiger partial charge in [-0.25, -0.2) is 0 Å². The van der Waals surface area contributed by atoms with Crippen LogP contribution in [0, 0.1) is 0 Å². The number of thioether (sulfide) groups is 2. The van der Waals surface area contributed by atoms with E-state index in [1.807, 2.05) is 23.5 Å². The van der Waals surface area contributed by atoms with Crippen molar-refractivity contribution in [3.63, 3.8) is 0 Å². The minimum Gasteiger partial charge on any atom is -0.307 e. The quantitative estimate of drug-likeness (QED) is 0.873. The Balaban J connectivity index is 1.98. The van der Waals surface area contributed by atoms with Crippen LogP contribution >= 0.6 is 23.5 Å². The molecule has 94 valence electrons. The van der Waals surface area contributed by atoms with Gasteiger partial charge in [0.05, 0.1) is 0 Å². The van der Waals surface area contributed by atoms with Crippen LogP contribution in [0.3, 0.4) is 0 Å². The van der Waals surface area contributed by atoms with Crippen LogP contribution in [-0.4, -0.2) is 23.8 Å². The number of benzene rings is 1. The van der Waals surface area contributed by atoms with Crippen molar-refractivity contribution < 1.29 is 0 Å². The summed E-state index contributed by atoms with van der Waals surface area (Å²) < 4.78 is 0. The summed E-state index contributed by atoms with van der Waals surface area (Å²) in [7, 11) is 0. The predicted molar refractivity (Wildman–Crippen MR) is 80.9 cm³/mol. The Morgan fingerprint density at radius 3 is 3.12 bits per heavy atom. The lowest BCUT2D eigenvalue weighted by Crippen LogP contribution is -2.34. The molecule has 0 bridgehead atoms. The molecule has 0 aliphatic carbocycles. The molecule has 2 atom stereocenters. The molecular weight excluding hydrogens is 246 g/mol. The fourth-order valence-corrected chi connectivity index (χ4v) is 3.94. The highest BCUT2D eigenvalue weighted by molar-refractivity contribution is 7.98. The Bertz CT molecular complexity index is 354. The van der Waals surface area contributed by atoms with Crippen molar-refractivity contribution in [2.24, 2.45) is 0 Å². The van der Waals surface area contributed by atoms with Crippen molar-refractivity contribution in [1.29, 1.82) is 0 Å². The van der Waals surface area contributed by atoms with Crippen molar-refractivity contribution >= 4 is 23.5 Å². The van der Waals surface area contributed by atoms with E-state index in [0.717, 1.165) is 0 Å². The van der Waals surface area contributed by atoms with Gasteiger partial charge in [-0.1, -0.05) is 24.3 Å². The highest BCUT2D eigenvalue weighted by atomic mass is 32.2. The molecule has 0 amide bonds. The van der Waals surface area contributed by atoms with E-state index >= 15 is 0 Å². The van der Waals surface area contributed by atoms with E-state index in [9.17, 15) is 0 Å². The van der Waals surface area contributed by atoms with Gasteiger partial charge in [-0.15, -0.1) is 0 Å². The van der Waals surface area contributed by atoms with Gasteiger partial charge in [-0.2, -0.15) is 23.5 Å². The number of hydrogen-bond acceptors (Lipinski definition) is 3. The molecule has 2 unspecified atom stereocenters. The standard InChI is InChI=1S/C14H21NS2/c1-11(7-8-16-2)15-14-10-17-9-12-5-3-4-6-13(12)14/h3-6,11,14-15H,7-10H2,1-2H3. The molecular formula is C14H21NS2. The molecule has 1 aromatic carbocycles. The summed E-state index contributed by atoms with van der Waals surface area (Å²) in [5.41, 5.74) is 3.03. The molecule has 1 aliphatic heterocycles. The Labute approximate surface area is 113 Å². The summed E-state index contributed by atoms with van der Waals surface area (Å²) in [6.45, 7) is 2.30. The van der Waals surface area contributed by atoms with Gasteiger partial charge in [0, 0.05) is 23.6 Å². The molecule has 1 nitrogen and oxygen atoms in total. The highest BCUT2D eigenvalue weighted by Gasteiger charge is 2.20. The average molecular weight is 267 g/mol. The SMILES string of the molecule is CSCCC(C)NC1CSCc2ccccc21. The summed E-state index contributed by atoms with van der Waals surface area (Å²) in [6, 6.07) is 10.0. The summed E-state index contributed by atoms with van der Waals surface area (Å²) in [5, 5.41) is 3.78. The number of nitrogens with one attached hydrogen (secondary N) is 1. The first-order chi connectivity index (χ1) is 8.31. The third-order valence-electron chi connectivity index (χ3n) is 3.21. The maximum Gasteiger partial charge on any atom is 0.0417 e. The van der Waals surface area contributed by atoms with Crippen LogP contribution in [0.25, 0.3) is 0 Å². The van der Waals surface area contributed by atoms with Gasteiger partial charge in [0.15, 0.2) is 0 Å². The van der Waals surface area contributed by atoms with Crippen LogP contribution in [-0.2, 0) is 5.75 Å². The van der Waals surface area contributed by atoms with Gasteiger partial charge in [0.25, 0.3) is 0 Å². The summed E-state index contributed by atoms with van der Waals surface area (Å²) in [4.78, 5) is 0. The van der Waals surface area contributed by atoms with Crippen LogP contribution < -0.4 is 5.32 Å². The van der Waals surface area contributed by atoms with Crippen LogP contribution in [0.5, 0.6) is 0 Å². The molecule has 2 rings (SSSR count). The monoisotopic (exact) mass is 267 g/mol. The predicted octanol–water partition coefficient (Wildman–Crippen LogP) is 3.71. The molecule has 1 heterocycles. The van der Waals surface area contributed by atoms with E-state index < -0.39 is 0 Å². The zero-order valence-corrected chi connectivity index (χ0v) is 12.2. The van der Waals surface area contributed by atoms with Gasteiger partial charge in [-0.3, -0.25) is 0 Å². The zero-order chi connectivity index (χ0) is 12.1. The van der Waals surface area contributed by atoms with E-state index in [1.165, 1.54) is 34.8 Å². The molecule has 0 aromatic heterocycles. The van der Waals surface area contributed by atoms with Crippen molar-refractivity contribution in [3.8, 4) is 0 Å². The maximum atomic E-state index is 3.78. The van der Waals surface area contributed by atoms with Gasteiger partial charge in [0.1, 0.15) is 0 Å². The topological polar surface area (TPSA) is 12.0 Å². The van der Waals surface area contributed by atoms with E-state index in [-0.39, 0.29) is 0 Å². The lowest BCUT2D eigenvalue weighted by molar-refractivity contribution is 0.473. The first-order valence-electron chi connectivity index (χ1n) is 6.22. The smallest absolute Gasteiger partial charge is 0.0417 e. The molecule has 0 saturated heterocycles. The van der Waals surface area contributed by atoms with Crippen molar-refractivity contribution in [2.75, 3.05) is 17.8 Å². The molecule has 17 heavy (non-hydrogen) atoms. The Kier molecular flexibility index (Phi) is 5.26. The minimum absolute atomic E-state index is 0.543. The van der Waals surface area contributed by atoms with Gasteiger partial charge in [-0.05, 0) is 36.5 Å². The average Bonchev–Trinajstić information content (AvgIpc) is 2.37.